The van der Waals surface area contributed by atoms with Crippen LogP contribution in [0.4, 0.5) is 0 Å². The second kappa shape index (κ2) is 2.79. The molecule has 0 aromatic rings. The number of nitrogens with zero attached hydrogens (tertiary/aromatic N) is 1. The highest BCUT2D eigenvalue weighted by Gasteiger charge is 2.47. The lowest BCUT2D eigenvalue weighted by molar-refractivity contribution is -0.189. The van der Waals surface area contributed by atoms with Gasteiger partial charge < -0.3 is 14.9 Å². The molecule has 1 fully saturated rings. The number of carbonyl (C=O) groups excluding carboxylic acids is 1. The summed E-state index contributed by atoms with van der Waals surface area (Å²) in [5, 5.41) is 17.4. The molecule has 4 N–H and O–H groups in total. The van der Waals surface area contributed by atoms with Crippen molar-refractivity contribution in [3.05, 3.63) is 0 Å². The first-order valence-electron chi connectivity index (χ1n) is 3.09. The summed E-state index contributed by atoms with van der Waals surface area (Å²) >= 11 is 0. The Morgan fingerprint density at radius 3 is 2.17 bits per heavy atom. The van der Waals surface area contributed by atoms with E-state index in [-0.39, 0.29) is 5.06 Å². The first-order chi connectivity index (χ1) is 5.34. The Labute approximate surface area is 67.3 Å². The average molecular weight is 197 g/mol. The molecule has 0 aliphatic carbocycles. The van der Waals surface area contributed by atoms with Crippen LogP contribution in [-0.4, -0.2) is 43.0 Å². The molecular weight excluding hydrogens is 189 g/mol. The number of carbonyl (C=O) groups is 1. The molecule has 1 saturated heterocycles. The van der Waals surface area contributed by atoms with Gasteiger partial charge in [0.25, 0.3) is 5.91 Å². The van der Waals surface area contributed by atoms with Crippen LogP contribution in [0.5, 0.6) is 0 Å². The van der Waals surface area contributed by atoms with Crippen molar-refractivity contribution < 1.29 is 29.5 Å². The van der Waals surface area contributed by atoms with Crippen molar-refractivity contribution in [2.24, 2.45) is 0 Å². The molecule has 8 heteroatoms. The fraction of sp³-hybridized carbons (Fsp3) is 0.750. The van der Waals surface area contributed by atoms with Gasteiger partial charge in [0.05, 0.1) is 0 Å². The maximum atomic E-state index is 10.8. The van der Waals surface area contributed by atoms with Gasteiger partial charge in [0, 0.05) is 6.42 Å². The molecule has 0 saturated carbocycles. The maximum absolute atomic E-state index is 10.8. The molecule has 0 aromatic heterocycles. The SMILES string of the molecule is O=C1C(P(=O)(O)O)CC(O)N1O. The Balaban J connectivity index is 2.86. The summed E-state index contributed by atoms with van der Waals surface area (Å²) < 4.78 is 10.6. The third-order valence-corrected chi connectivity index (χ3v) is 2.88. The van der Waals surface area contributed by atoms with Crippen molar-refractivity contribution >= 4 is 13.5 Å². The minimum atomic E-state index is -4.56. The van der Waals surface area contributed by atoms with Crippen LogP contribution < -0.4 is 0 Å². The van der Waals surface area contributed by atoms with Crippen molar-refractivity contribution in [3.63, 3.8) is 0 Å². The van der Waals surface area contributed by atoms with E-state index in [1.165, 1.54) is 0 Å². The number of hydrogen-bond acceptors (Lipinski definition) is 4. The van der Waals surface area contributed by atoms with Crippen molar-refractivity contribution in [1.29, 1.82) is 0 Å². The zero-order chi connectivity index (χ0) is 9.52. The normalized spacial score (nSPS) is 31.3. The minimum absolute atomic E-state index is 0.0657. The number of aliphatic hydroxyl groups is 1. The molecule has 70 valence electrons. The van der Waals surface area contributed by atoms with E-state index in [4.69, 9.17) is 20.1 Å². The smallest absolute Gasteiger partial charge is 0.338 e. The third-order valence-electron chi connectivity index (χ3n) is 1.63. The van der Waals surface area contributed by atoms with Crippen LogP contribution >= 0.6 is 7.60 Å². The first-order valence-corrected chi connectivity index (χ1v) is 4.77. The van der Waals surface area contributed by atoms with E-state index in [9.17, 15) is 9.36 Å². The third kappa shape index (κ3) is 1.50. The highest BCUT2D eigenvalue weighted by molar-refractivity contribution is 7.53. The molecule has 0 bridgehead atoms. The lowest BCUT2D eigenvalue weighted by atomic mass is 10.3. The van der Waals surface area contributed by atoms with Gasteiger partial charge in [-0.05, 0) is 0 Å². The van der Waals surface area contributed by atoms with Crippen LogP contribution in [0.15, 0.2) is 0 Å². The highest BCUT2D eigenvalue weighted by Crippen LogP contribution is 2.46. The summed E-state index contributed by atoms with van der Waals surface area (Å²) in [4.78, 5) is 27.9. The predicted octanol–water partition coefficient (Wildman–Crippen LogP) is -1.53. The van der Waals surface area contributed by atoms with Gasteiger partial charge in [-0.2, -0.15) is 5.06 Å². The van der Waals surface area contributed by atoms with E-state index in [1.54, 1.807) is 0 Å². The van der Waals surface area contributed by atoms with Crippen LogP contribution in [0.3, 0.4) is 0 Å². The first kappa shape index (κ1) is 9.63. The Hall–Kier alpha value is -0.460. The molecule has 1 heterocycles. The lowest BCUT2D eigenvalue weighted by Crippen LogP contribution is -2.30. The Morgan fingerprint density at radius 2 is 2.00 bits per heavy atom. The topological polar surface area (TPSA) is 118 Å². The number of rotatable bonds is 1. The largest absolute Gasteiger partial charge is 0.371 e. The molecule has 0 aromatic carbocycles. The Kier molecular flexibility index (Phi) is 2.24. The van der Waals surface area contributed by atoms with E-state index >= 15 is 0 Å². The van der Waals surface area contributed by atoms with Gasteiger partial charge in [0.15, 0.2) is 6.23 Å². The summed E-state index contributed by atoms with van der Waals surface area (Å²) in [6.07, 6.45) is -1.96. The predicted molar refractivity (Wildman–Crippen MR) is 35.1 cm³/mol. The molecule has 0 radical (unpaired) electrons. The molecule has 12 heavy (non-hydrogen) atoms. The lowest BCUT2D eigenvalue weighted by Gasteiger charge is -2.10. The van der Waals surface area contributed by atoms with E-state index < -0.39 is 31.8 Å². The van der Waals surface area contributed by atoms with Gasteiger partial charge in [0.2, 0.25) is 0 Å². The van der Waals surface area contributed by atoms with Crippen LogP contribution in [0, 0.1) is 0 Å². The monoisotopic (exact) mass is 197 g/mol. The highest BCUT2D eigenvalue weighted by atomic mass is 31.2. The van der Waals surface area contributed by atoms with Gasteiger partial charge >= 0.3 is 7.60 Å². The number of hydroxylamine groups is 2. The number of aliphatic hydroxyl groups excluding tert-OH is 1. The summed E-state index contributed by atoms with van der Waals surface area (Å²) in [7, 11) is -4.56. The van der Waals surface area contributed by atoms with Crippen LogP contribution in [-0.2, 0) is 9.36 Å². The summed E-state index contributed by atoms with van der Waals surface area (Å²) in [6, 6.07) is 0. The molecule has 2 atom stereocenters. The molecule has 2 unspecified atom stereocenters. The van der Waals surface area contributed by atoms with Crippen LogP contribution in [0.2, 0.25) is 0 Å². The fourth-order valence-electron chi connectivity index (χ4n) is 0.981. The van der Waals surface area contributed by atoms with E-state index in [0.717, 1.165) is 0 Å². The van der Waals surface area contributed by atoms with E-state index in [1.807, 2.05) is 0 Å². The summed E-state index contributed by atoms with van der Waals surface area (Å²) in [5.41, 5.74) is -1.61. The quantitative estimate of drug-likeness (QED) is 0.299. The molecule has 1 amide bonds. The van der Waals surface area contributed by atoms with Gasteiger partial charge in [-0.25, -0.2) is 0 Å². The zero-order valence-electron chi connectivity index (χ0n) is 5.86. The molecule has 1 aliphatic rings. The van der Waals surface area contributed by atoms with Crippen molar-refractivity contribution in [2.45, 2.75) is 18.3 Å². The second-order valence-corrected chi connectivity index (χ2v) is 4.31. The van der Waals surface area contributed by atoms with Crippen LogP contribution in [0.1, 0.15) is 6.42 Å². The van der Waals surface area contributed by atoms with Gasteiger partial charge in [-0.15, -0.1) is 0 Å². The summed E-state index contributed by atoms with van der Waals surface area (Å²) in [6.45, 7) is 0. The zero-order valence-corrected chi connectivity index (χ0v) is 6.76. The Morgan fingerprint density at radius 1 is 1.50 bits per heavy atom. The maximum Gasteiger partial charge on any atom is 0.338 e. The molecule has 1 aliphatic heterocycles. The average Bonchev–Trinajstić information content (AvgIpc) is 2.15. The molecular formula is C4H8NO6P. The van der Waals surface area contributed by atoms with Crippen molar-refractivity contribution in [1.82, 2.24) is 5.06 Å². The van der Waals surface area contributed by atoms with E-state index in [2.05, 4.69) is 0 Å². The van der Waals surface area contributed by atoms with Gasteiger partial charge in [0.1, 0.15) is 5.66 Å². The molecule has 0 spiro atoms. The number of amides is 1. The fourth-order valence-corrected chi connectivity index (χ4v) is 1.85. The minimum Gasteiger partial charge on any atom is -0.371 e. The van der Waals surface area contributed by atoms with Gasteiger partial charge in [-0.3, -0.25) is 14.6 Å². The van der Waals surface area contributed by atoms with Crippen molar-refractivity contribution in [2.75, 3.05) is 0 Å². The van der Waals surface area contributed by atoms with Crippen LogP contribution in [0.25, 0.3) is 0 Å². The van der Waals surface area contributed by atoms with E-state index in [0.29, 0.717) is 0 Å². The second-order valence-electron chi connectivity index (χ2n) is 2.50. The standard InChI is InChI=1S/C4H8NO6P/c6-3-1-2(12(9,10)11)4(7)5(3)8/h2-3,6,8H,1H2,(H2,9,10,11). The van der Waals surface area contributed by atoms with Gasteiger partial charge in [-0.1, -0.05) is 0 Å². The molecule has 1 rings (SSSR count). The number of hydrogen-bond donors (Lipinski definition) is 4. The van der Waals surface area contributed by atoms with Crippen molar-refractivity contribution in [3.8, 4) is 0 Å². The summed E-state index contributed by atoms with van der Waals surface area (Å²) in [5.74, 6) is -1.14. The Bertz CT molecular complexity index is 248. The molecule has 7 nitrogen and oxygen atoms in total.